The summed E-state index contributed by atoms with van der Waals surface area (Å²) in [5.74, 6) is 0.820. The molecule has 0 bridgehead atoms. The van der Waals surface area contributed by atoms with E-state index in [0.29, 0.717) is 28.5 Å². The van der Waals surface area contributed by atoms with Crippen molar-refractivity contribution in [2.24, 2.45) is 4.99 Å². The van der Waals surface area contributed by atoms with Crippen molar-refractivity contribution in [2.45, 2.75) is 0 Å². The van der Waals surface area contributed by atoms with Gasteiger partial charge in [-0.15, -0.1) is 0 Å². The van der Waals surface area contributed by atoms with Gasteiger partial charge in [0.25, 0.3) is 5.56 Å². The number of aromatic nitrogens is 2. The zero-order valence-corrected chi connectivity index (χ0v) is 17.8. The second-order valence-electron chi connectivity index (χ2n) is 6.59. The molecule has 0 amide bonds. The summed E-state index contributed by atoms with van der Waals surface area (Å²) < 4.78 is 17.5. The van der Waals surface area contributed by atoms with Crippen LogP contribution in [0.2, 0.25) is 0 Å². The predicted molar refractivity (Wildman–Crippen MR) is 121 cm³/mol. The molecule has 8 nitrogen and oxygen atoms in total. The zero-order chi connectivity index (χ0) is 22.1. The minimum Gasteiger partial charge on any atom is -0.494 e. The van der Waals surface area contributed by atoms with Gasteiger partial charge in [-0.25, -0.2) is 0 Å². The molecule has 2 aromatic carbocycles. The second kappa shape index (κ2) is 8.11. The van der Waals surface area contributed by atoms with Crippen LogP contribution in [0.25, 0.3) is 17.3 Å². The number of hydrogen-bond donors (Lipinski definition) is 2. The summed E-state index contributed by atoms with van der Waals surface area (Å²) in [5.41, 5.74) is 2.31. The van der Waals surface area contributed by atoms with Gasteiger partial charge >= 0.3 is 0 Å². The average Bonchev–Trinajstić information content (AvgIpc) is 3.18. The van der Waals surface area contributed by atoms with Crippen molar-refractivity contribution in [2.75, 3.05) is 21.3 Å². The molecule has 4 rings (SSSR count). The van der Waals surface area contributed by atoms with Crippen LogP contribution in [0.15, 0.2) is 46.2 Å². The molecule has 2 N–H and O–H groups in total. The number of nitrogens with zero attached hydrogens (tertiary/aromatic N) is 2. The smallest absolute Gasteiger partial charge is 0.262 e. The molecule has 0 saturated carbocycles. The van der Waals surface area contributed by atoms with Crippen LogP contribution in [-0.4, -0.2) is 42.2 Å². The summed E-state index contributed by atoms with van der Waals surface area (Å²) in [4.78, 5) is 19.6. The molecular weight excluding hydrogens is 418 g/mol. The molecule has 1 aromatic heterocycles. The maximum absolute atomic E-state index is 12.6. The molecule has 1 aliphatic rings. The van der Waals surface area contributed by atoms with E-state index < -0.39 is 5.56 Å². The van der Waals surface area contributed by atoms with Gasteiger partial charge in [-0.3, -0.25) is 19.3 Å². The van der Waals surface area contributed by atoms with Crippen LogP contribution in [-0.2, 0) is 0 Å². The van der Waals surface area contributed by atoms with Crippen LogP contribution in [0, 0.1) is 4.77 Å². The van der Waals surface area contributed by atoms with Crippen molar-refractivity contribution in [3.63, 3.8) is 0 Å². The van der Waals surface area contributed by atoms with Crippen LogP contribution in [0.5, 0.6) is 23.1 Å². The fraction of sp³-hybridized carbons (Fsp3) is 0.136. The van der Waals surface area contributed by atoms with Gasteiger partial charge in [0.1, 0.15) is 5.56 Å². The third kappa shape index (κ3) is 3.49. The topological polar surface area (TPSA) is 98.1 Å². The number of hydrogen-bond acceptors (Lipinski definition) is 7. The molecule has 2 heterocycles. The number of aromatic hydroxyl groups is 1. The first-order valence-corrected chi connectivity index (χ1v) is 9.63. The van der Waals surface area contributed by atoms with Gasteiger partial charge in [0.15, 0.2) is 16.3 Å². The van der Waals surface area contributed by atoms with Gasteiger partial charge in [-0.1, -0.05) is 18.2 Å². The van der Waals surface area contributed by atoms with Gasteiger partial charge in [-0.2, -0.15) is 0 Å². The summed E-state index contributed by atoms with van der Waals surface area (Å²) in [5, 5.41) is 11.0. The van der Waals surface area contributed by atoms with Crippen LogP contribution in [0.1, 0.15) is 11.1 Å². The fourth-order valence-electron chi connectivity index (χ4n) is 3.41. The van der Waals surface area contributed by atoms with Gasteiger partial charge in [0, 0.05) is 29.5 Å². The molecule has 0 aliphatic carbocycles. The van der Waals surface area contributed by atoms with Crippen molar-refractivity contribution < 1.29 is 19.3 Å². The van der Waals surface area contributed by atoms with Gasteiger partial charge in [0.2, 0.25) is 11.6 Å². The highest BCUT2D eigenvalue weighted by molar-refractivity contribution is 7.71. The monoisotopic (exact) mass is 437 g/mol. The molecule has 3 aromatic rings. The third-order valence-corrected chi connectivity index (χ3v) is 5.17. The number of methoxy groups -OCH3 is 3. The number of aromatic amines is 1. The minimum atomic E-state index is -0.517. The molecule has 9 heteroatoms. The number of rotatable bonds is 5. The number of H-pyrrole nitrogens is 1. The lowest BCUT2D eigenvalue weighted by atomic mass is 10.1. The number of allylic oxidation sites excluding steroid dienone is 1. The first-order chi connectivity index (χ1) is 15.0. The summed E-state index contributed by atoms with van der Waals surface area (Å²) in [6.45, 7) is 0. The molecule has 0 fully saturated rings. The highest BCUT2D eigenvalue weighted by Gasteiger charge is 2.19. The van der Waals surface area contributed by atoms with Crippen LogP contribution >= 0.6 is 12.2 Å². The Bertz CT molecular complexity index is 1330. The highest BCUT2D eigenvalue weighted by Crippen LogP contribution is 2.40. The lowest BCUT2D eigenvalue weighted by molar-refractivity contribution is 0.324. The Morgan fingerprint density at radius 3 is 2.42 bits per heavy atom. The van der Waals surface area contributed by atoms with Gasteiger partial charge < -0.3 is 19.3 Å². The van der Waals surface area contributed by atoms with E-state index in [1.807, 2.05) is 24.3 Å². The van der Waals surface area contributed by atoms with Crippen molar-refractivity contribution in [1.29, 1.82) is 0 Å². The van der Waals surface area contributed by atoms with E-state index in [4.69, 9.17) is 26.4 Å². The zero-order valence-electron chi connectivity index (χ0n) is 17.0. The fourth-order valence-corrected chi connectivity index (χ4v) is 3.70. The van der Waals surface area contributed by atoms with Crippen LogP contribution in [0.4, 0.5) is 5.69 Å². The number of para-hydroxylation sites is 1. The molecule has 1 aliphatic heterocycles. The Hall–Kier alpha value is -3.85. The molecular formula is C22H19N3O5S. The largest absolute Gasteiger partial charge is 0.494 e. The van der Waals surface area contributed by atoms with Crippen LogP contribution < -0.4 is 19.8 Å². The van der Waals surface area contributed by atoms with E-state index in [-0.39, 0.29) is 16.2 Å². The van der Waals surface area contributed by atoms with E-state index in [9.17, 15) is 9.90 Å². The van der Waals surface area contributed by atoms with E-state index in [0.717, 1.165) is 11.3 Å². The Labute approximate surface area is 182 Å². The number of ether oxygens (including phenoxy) is 3. The first-order valence-electron chi connectivity index (χ1n) is 9.22. The number of fused-ring (bicyclic) bond motifs is 1. The van der Waals surface area contributed by atoms with E-state index in [2.05, 4.69) is 9.98 Å². The molecule has 158 valence electrons. The minimum absolute atomic E-state index is 0.0133. The lowest BCUT2D eigenvalue weighted by Crippen LogP contribution is -2.16. The Morgan fingerprint density at radius 1 is 1.10 bits per heavy atom. The van der Waals surface area contributed by atoms with Gasteiger partial charge in [-0.05, 0) is 24.4 Å². The number of benzene rings is 2. The summed E-state index contributed by atoms with van der Waals surface area (Å²) in [6.07, 6.45) is 3.22. The SMILES string of the molecule is COc1cc(-n2c(O)c(/C=C3\C=Nc4ccccc43)c(=O)[nH]c2=S)cc(OC)c1OC. The first kappa shape index (κ1) is 20.4. The highest BCUT2D eigenvalue weighted by atomic mass is 32.1. The van der Waals surface area contributed by atoms with Crippen molar-refractivity contribution >= 4 is 35.8 Å². The van der Waals surface area contributed by atoms with E-state index in [1.54, 1.807) is 24.4 Å². The molecule has 0 atom stereocenters. The average molecular weight is 437 g/mol. The second-order valence-corrected chi connectivity index (χ2v) is 6.98. The normalized spacial score (nSPS) is 13.3. The predicted octanol–water partition coefficient (Wildman–Crippen LogP) is 3.88. The lowest BCUT2D eigenvalue weighted by Gasteiger charge is -2.17. The van der Waals surface area contributed by atoms with Crippen molar-refractivity contribution in [3.05, 3.63) is 62.6 Å². The maximum Gasteiger partial charge on any atom is 0.262 e. The van der Waals surface area contributed by atoms with Crippen LogP contribution in [0.3, 0.4) is 0 Å². The molecule has 0 unspecified atom stereocenters. The molecule has 0 saturated heterocycles. The summed E-state index contributed by atoms with van der Waals surface area (Å²) in [7, 11) is 4.47. The van der Waals surface area contributed by atoms with Crippen molar-refractivity contribution in [3.8, 4) is 28.8 Å². The quantitative estimate of drug-likeness (QED) is 0.588. The standard InChI is InChI=1S/C22H19N3O5S/c1-28-17-9-13(10-18(29-2)19(17)30-3)25-21(27)15(20(26)24-22(25)31)8-12-11-23-16-7-5-4-6-14(12)16/h4-11,27H,1-3H3,(H,24,26,31)/b12-8+. The Kier molecular flexibility index (Phi) is 5.35. The number of nitrogens with one attached hydrogen (secondary N) is 1. The summed E-state index contributed by atoms with van der Waals surface area (Å²) in [6, 6.07) is 10.8. The summed E-state index contributed by atoms with van der Waals surface area (Å²) >= 11 is 5.32. The molecule has 0 spiro atoms. The van der Waals surface area contributed by atoms with Crippen molar-refractivity contribution in [1.82, 2.24) is 9.55 Å². The van der Waals surface area contributed by atoms with Gasteiger partial charge in [0.05, 0.1) is 32.7 Å². The number of aliphatic imine (C=N–C) groups is 1. The third-order valence-electron chi connectivity index (χ3n) is 4.89. The van der Waals surface area contributed by atoms with E-state index in [1.165, 1.54) is 25.9 Å². The molecule has 31 heavy (non-hydrogen) atoms. The Balaban J connectivity index is 1.93. The Morgan fingerprint density at radius 2 is 1.77 bits per heavy atom. The molecule has 0 radical (unpaired) electrons. The maximum atomic E-state index is 12.6. The van der Waals surface area contributed by atoms with E-state index >= 15 is 0 Å².